The average molecular weight is 213 g/mol. The lowest BCUT2D eigenvalue weighted by Crippen LogP contribution is -2.43. The van der Waals surface area contributed by atoms with E-state index >= 15 is 0 Å². The van der Waals surface area contributed by atoms with Crippen LogP contribution in [0.25, 0.3) is 0 Å². The fourth-order valence-corrected chi connectivity index (χ4v) is 2.43. The first-order chi connectivity index (χ1) is 6.73. The fourth-order valence-electron chi connectivity index (χ4n) is 2.43. The molecule has 0 aromatic heterocycles. The standard InChI is InChI=1S/C13H27NO/c1-10(2)7-8-14-11-9-12(3,4)15-13(11,5)6/h10-11,14H,7-9H2,1-6H3. The molecule has 15 heavy (non-hydrogen) atoms. The fraction of sp³-hybridized carbons (Fsp3) is 1.00. The van der Waals surface area contributed by atoms with E-state index in [1.807, 2.05) is 0 Å². The second kappa shape index (κ2) is 4.42. The van der Waals surface area contributed by atoms with E-state index in [4.69, 9.17) is 4.74 Å². The molecule has 0 spiro atoms. The topological polar surface area (TPSA) is 21.3 Å². The Hall–Kier alpha value is -0.0800. The molecule has 0 aliphatic carbocycles. The molecule has 1 aliphatic rings. The molecule has 2 nitrogen and oxygen atoms in total. The molecule has 0 aromatic carbocycles. The molecule has 0 radical (unpaired) electrons. The highest BCUT2D eigenvalue weighted by atomic mass is 16.5. The third kappa shape index (κ3) is 3.76. The number of hydrogen-bond acceptors (Lipinski definition) is 2. The molecule has 0 aromatic rings. The maximum Gasteiger partial charge on any atom is 0.0787 e. The molecule has 0 bridgehead atoms. The van der Waals surface area contributed by atoms with E-state index in [1.54, 1.807) is 0 Å². The van der Waals surface area contributed by atoms with E-state index in [1.165, 1.54) is 6.42 Å². The molecular formula is C13H27NO. The first-order valence-corrected chi connectivity index (χ1v) is 6.16. The predicted molar refractivity (Wildman–Crippen MR) is 65.1 cm³/mol. The van der Waals surface area contributed by atoms with Gasteiger partial charge in [0.15, 0.2) is 0 Å². The predicted octanol–water partition coefficient (Wildman–Crippen LogP) is 2.97. The van der Waals surface area contributed by atoms with E-state index in [9.17, 15) is 0 Å². The highest BCUT2D eigenvalue weighted by Crippen LogP contribution is 2.37. The molecule has 90 valence electrons. The normalized spacial score (nSPS) is 28.6. The van der Waals surface area contributed by atoms with Crippen LogP contribution in [0.3, 0.4) is 0 Å². The van der Waals surface area contributed by atoms with Crippen LogP contribution in [-0.2, 0) is 4.74 Å². The number of ether oxygens (including phenoxy) is 1. The minimum Gasteiger partial charge on any atom is -0.368 e. The highest BCUT2D eigenvalue weighted by Gasteiger charge is 2.45. The lowest BCUT2D eigenvalue weighted by atomic mass is 9.94. The Morgan fingerprint density at radius 1 is 1.27 bits per heavy atom. The zero-order chi connectivity index (χ0) is 11.7. The lowest BCUT2D eigenvalue weighted by molar-refractivity contribution is -0.0698. The zero-order valence-electron chi connectivity index (χ0n) is 11.2. The number of nitrogens with one attached hydrogen (secondary N) is 1. The smallest absolute Gasteiger partial charge is 0.0787 e. The van der Waals surface area contributed by atoms with Gasteiger partial charge in [-0.05, 0) is 53.0 Å². The van der Waals surface area contributed by atoms with Crippen LogP contribution in [0.5, 0.6) is 0 Å². The van der Waals surface area contributed by atoms with Gasteiger partial charge in [-0.1, -0.05) is 13.8 Å². The van der Waals surface area contributed by atoms with Gasteiger partial charge in [-0.2, -0.15) is 0 Å². The minimum atomic E-state index is -0.0273. The van der Waals surface area contributed by atoms with Gasteiger partial charge in [-0.25, -0.2) is 0 Å². The summed E-state index contributed by atoms with van der Waals surface area (Å²) in [5.41, 5.74) is -0.000519. The molecule has 0 saturated carbocycles. The summed E-state index contributed by atoms with van der Waals surface area (Å²) in [6.07, 6.45) is 2.35. The summed E-state index contributed by atoms with van der Waals surface area (Å²) in [5.74, 6) is 0.774. The van der Waals surface area contributed by atoms with Crippen LogP contribution in [0, 0.1) is 5.92 Å². The Morgan fingerprint density at radius 2 is 1.87 bits per heavy atom. The Bertz CT molecular complexity index is 209. The van der Waals surface area contributed by atoms with Gasteiger partial charge >= 0.3 is 0 Å². The van der Waals surface area contributed by atoms with Gasteiger partial charge < -0.3 is 10.1 Å². The van der Waals surface area contributed by atoms with Crippen LogP contribution in [0.15, 0.2) is 0 Å². The minimum absolute atomic E-state index is 0.0268. The molecule has 1 saturated heterocycles. The first kappa shape index (κ1) is 13.0. The Morgan fingerprint density at radius 3 is 2.27 bits per heavy atom. The summed E-state index contributed by atoms with van der Waals surface area (Å²) in [6.45, 7) is 14.4. The first-order valence-electron chi connectivity index (χ1n) is 6.16. The molecule has 1 N–H and O–H groups in total. The van der Waals surface area contributed by atoms with Crippen molar-refractivity contribution in [2.24, 2.45) is 5.92 Å². The summed E-state index contributed by atoms with van der Waals surface area (Å²) >= 11 is 0. The van der Waals surface area contributed by atoms with Gasteiger partial charge in [0.05, 0.1) is 11.2 Å². The zero-order valence-corrected chi connectivity index (χ0v) is 11.2. The van der Waals surface area contributed by atoms with Crippen LogP contribution in [0.4, 0.5) is 0 Å². The quantitative estimate of drug-likeness (QED) is 0.775. The average Bonchev–Trinajstić information content (AvgIpc) is 2.18. The lowest BCUT2D eigenvalue weighted by Gasteiger charge is -2.28. The summed E-state index contributed by atoms with van der Waals surface area (Å²) in [6, 6.07) is 0.492. The SMILES string of the molecule is CC(C)CCNC1CC(C)(C)OC1(C)C. The molecule has 1 unspecified atom stereocenters. The van der Waals surface area contributed by atoms with E-state index in [0.717, 1.165) is 18.9 Å². The van der Waals surface area contributed by atoms with Crippen molar-refractivity contribution in [1.82, 2.24) is 5.32 Å². The van der Waals surface area contributed by atoms with E-state index in [2.05, 4.69) is 46.9 Å². The third-order valence-electron chi connectivity index (χ3n) is 3.19. The summed E-state index contributed by atoms with van der Waals surface area (Å²) in [5, 5.41) is 3.63. The molecule has 1 atom stereocenters. The van der Waals surface area contributed by atoms with Crippen LogP contribution in [-0.4, -0.2) is 23.8 Å². The van der Waals surface area contributed by atoms with E-state index in [-0.39, 0.29) is 11.2 Å². The molecule has 1 fully saturated rings. The van der Waals surface area contributed by atoms with Gasteiger partial charge in [0, 0.05) is 6.04 Å². The maximum atomic E-state index is 6.04. The number of rotatable bonds is 4. The molecule has 2 heteroatoms. The van der Waals surface area contributed by atoms with Crippen LogP contribution in [0.2, 0.25) is 0 Å². The van der Waals surface area contributed by atoms with Crippen LogP contribution >= 0.6 is 0 Å². The molecule has 1 rings (SSSR count). The summed E-state index contributed by atoms with van der Waals surface area (Å²) in [4.78, 5) is 0. The third-order valence-corrected chi connectivity index (χ3v) is 3.19. The second-order valence-corrected chi connectivity index (χ2v) is 6.36. The Balaban J connectivity index is 2.41. The van der Waals surface area contributed by atoms with Gasteiger partial charge in [-0.3, -0.25) is 0 Å². The second-order valence-electron chi connectivity index (χ2n) is 6.36. The van der Waals surface area contributed by atoms with Crippen molar-refractivity contribution in [2.45, 2.75) is 71.6 Å². The molecular weight excluding hydrogens is 186 g/mol. The van der Waals surface area contributed by atoms with Crippen molar-refractivity contribution in [3.8, 4) is 0 Å². The Labute approximate surface area is 94.8 Å². The van der Waals surface area contributed by atoms with Crippen LogP contribution in [0.1, 0.15) is 54.4 Å². The maximum absolute atomic E-state index is 6.04. The van der Waals surface area contributed by atoms with Gasteiger partial charge in [0.1, 0.15) is 0 Å². The summed E-state index contributed by atoms with van der Waals surface area (Å²) < 4.78 is 6.04. The van der Waals surface area contributed by atoms with Crippen molar-refractivity contribution in [1.29, 1.82) is 0 Å². The van der Waals surface area contributed by atoms with Crippen molar-refractivity contribution in [3.63, 3.8) is 0 Å². The van der Waals surface area contributed by atoms with Crippen molar-refractivity contribution in [3.05, 3.63) is 0 Å². The van der Waals surface area contributed by atoms with Gasteiger partial charge in [0.2, 0.25) is 0 Å². The largest absolute Gasteiger partial charge is 0.368 e. The Kier molecular flexibility index (Phi) is 3.83. The van der Waals surface area contributed by atoms with Gasteiger partial charge in [-0.15, -0.1) is 0 Å². The summed E-state index contributed by atoms with van der Waals surface area (Å²) in [7, 11) is 0. The van der Waals surface area contributed by atoms with Gasteiger partial charge in [0.25, 0.3) is 0 Å². The van der Waals surface area contributed by atoms with Crippen molar-refractivity contribution < 1.29 is 4.74 Å². The monoisotopic (exact) mass is 213 g/mol. The van der Waals surface area contributed by atoms with Crippen molar-refractivity contribution >= 4 is 0 Å². The van der Waals surface area contributed by atoms with E-state index < -0.39 is 0 Å². The van der Waals surface area contributed by atoms with Crippen LogP contribution < -0.4 is 5.32 Å². The number of hydrogen-bond donors (Lipinski definition) is 1. The van der Waals surface area contributed by atoms with Crippen molar-refractivity contribution in [2.75, 3.05) is 6.54 Å². The highest BCUT2D eigenvalue weighted by molar-refractivity contribution is 4.98. The molecule has 1 aliphatic heterocycles. The molecule has 0 amide bonds. The molecule has 1 heterocycles. The van der Waals surface area contributed by atoms with E-state index in [0.29, 0.717) is 6.04 Å².